The molecule has 0 heterocycles. The van der Waals surface area contributed by atoms with Gasteiger partial charge in [0.15, 0.2) is 0 Å². The number of carbonyl (C=O) groups is 1. The van der Waals surface area contributed by atoms with E-state index in [1.165, 1.54) is 0 Å². The molecule has 100 valence electrons. The van der Waals surface area contributed by atoms with E-state index in [2.05, 4.69) is 19.2 Å². The van der Waals surface area contributed by atoms with E-state index in [1.54, 1.807) is 0 Å². The number of likely N-dealkylation sites (N-methyl/N-ethyl adjacent to an activating group) is 1. The van der Waals surface area contributed by atoms with Crippen molar-refractivity contribution in [2.75, 3.05) is 6.54 Å². The first-order chi connectivity index (χ1) is 7.77. The van der Waals surface area contributed by atoms with Gasteiger partial charge in [0, 0.05) is 0 Å². The van der Waals surface area contributed by atoms with Crippen molar-refractivity contribution in [3.05, 3.63) is 0 Å². The summed E-state index contributed by atoms with van der Waals surface area (Å²) in [4.78, 5) is 12.0. The molecule has 0 radical (unpaired) electrons. The molecule has 3 nitrogen and oxygen atoms in total. The fourth-order valence-electron chi connectivity index (χ4n) is 2.30. The van der Waals surface area contributed by atoms with Crippen LogP contribution < -0.4 is 5.32 Å². The Hall–Kier alpha value is -0.570. The lowest BCUT2D eigenvalue weighted by molar-refractivity contribution is -0.158. The van der Waals surface area contributed by atoms with Crippen LogP contribution in [0.2, 0.25) is 0 Å². The van der Waals surface area contributed by atoms with Crippen LogP contribution in [0.1, 0.15) is 60.3 Å². The quantitative estimate of drug-likeness (QED) is 0.769. The van der Waals surface area contributed by atoms with Gasteiger partial charge in [0.25, 0.3) is 0 Å². The Morgan fingerprint density at radius 1 is 1.35 bits per heavy atom. The zero-order chi connectivity index (χ0) is 13.1. The van der Waals surface area contributed by atoms with E-state index in [-0.39, 0.29) is 12.1 Å². The summed E-state index contributed by atoms with van der Waals surface area (Å²) in [7, 11) is 0. The van der Waals surface area contributed by atoms with Crippen molar-refractivity contribution in [3.63, 3.8) is 0 Å². The zero-order valence-corrected chi connectivity index (χ0v) is 11.9. The maximum atomic E-state index is 12.0. The van der Waals surface area contributed by atoms with Gasteiger partial charge in [0.2, 0.25) is 0 Å². The van der Waals surface area contributed by atoms with E-state index in [0.29, 0.717) is 5.41 Å². The minimum Gasteiger partial charge on any atom is -0.461 e. The SMILES string of the molecule is CCNC(C)(C)C(=O)OC1CCC(C)(C)CC1. The Morgan fingerprint density at radius 2 is 1.88 bits per heavy atom. The highest BCUT2D eigenvalue weighted by molar-refractivity contribution is 5.79. The summed E-state index contributed by atoms with van der Waals surface area (Å²) in [5, 5.41) is 3.15. The van der Waals surface area contributed by atoms with Gasteiger partial charge in [-0.2, -0.15) is 0 Å². The van der Waals surface area contributed by atoms with Crippen molar-refractivity contribution < 1.29 is 9.53 Å². The van der Waals surface area contributed by atoms with Crippen molar-refractivity contribution in [1.82, 2.24) is 5.32 Å². The third-order valence-corrected chi connectivity index (χ3v) is 3.69. The minimum absolute atomic E-state index is 0.119. The van der Waals surface area contributed by atoms with Crippen LogP contribution in [0, 0.1) is 5.41 Å². The maximum absolute atomic E-state index is 12.0. The number of hydrogen-bond donors (Lipinski definition) is 1. The molecule has 1 rings (SSSR count). The van der Waals surface area contributed by atoms with E-state index < -0.39 is 5.54 Å². The van der Waals surface area contributed by atoms with Gasteiger partial charge in [-0.15, -0.1) is 0 Å². The summed E-state index contributed by atoms with van der Waals surface area (Å²) >= 11 is 0. The van der Waals surface area contributed by atoms with Gasteiger partial charge in [0.05, 0.1) is 0 Å². The summed E-state index contributed by atoms with van der Waals surface area (Å²) in [5.41, 5.74) is -0.151. The topological polar surface area (TPSA) is 38.3 Å². The van der Waals surface area contributed by atoms with Gasteiger partial charge in [0.1, 0.15) is 11.6 Å². The van der Waals surface area contributed by atoms with Crippen LogP contribution >= 0.6 is 0 Å². The molecular weight excluding hydrogens is 214 g/mol. The van der Waals surface area contributed by atoms with Crippen molar-refractivity contribution in [2.45, 2.75) is 71.9 Å². The summed E-state index contributed by atoms with van der Waals surface area (Å²) in [6.45, 7) is 11.1. The molecule has 0 aromatic heterocycles. The molecule has 0 amide bonds. The molecule has 0 unspecified atom stereocenters. The number of ether oxygens (including phenoxy) is 1. The number of hydrogen-bond acceptors (Lipinski definition) is 3. The predicted octanol–water partition coefficient (Wildman–Crippen LogP) is 2.89. The largest absolute Gasteiger partial charge is 0.461 e. The molecule has 0 atom stereocenters. The van der Waals surface area contributed by atoms with Gasteiger partial charge < -0.3 is 10.1 Å². The van der Waals surface area contributed by atoms with E-state index in [0.717, 1.165) is 32.2 Å². The molecule has 1 aliphatic rings. The highest BCUT2D eigenvalue weighted by Crippen LogP contribution is 2.36. The Bertz CT molecular complexity index is 261. The van der Waals surface area contributed by atoms with Crippen LogP contribution in [0.5, 0.6) is 0 Å². The van der Waals surface area contributed by atoms with Gasteiger partial charge >= 0.3 is 5.97 Å². The van der Waals surface area contributed by atoms with Crippen LogP contribution in [0.25, 0.3) is 0 Å². The van der Waals surface area contributed by atoms with Gasteiger partial charge in [-0.3, -0.25) is 4.79 Å². The van der Waals surface area contributed by atoms with Crippen LogP contribution in [0.3, 0.4) is 0 Å². The smallest absolute Gasteiger partial charge is 0.326 e. The fourth-order valence-corrected chi connectivity index (χ4v) is 2.30. The van der Waals surface area contributed by atoms with Crippen LogP contribution in [0.4, 0.5) is 0 Å². The van der Waals surface area contributed by atoms with Gasteiger partial charge in [-0.1, -0.05) is 20.8 Å². The van der Waals surface area contributed by atoms with Crippen molar-refractivity contribution in [1.29, 1.82) is 0 Å². The molecule has 0 saturated heterocycles. The fraction of sp³-hybridized carbons (Fsp3) is 0.929. The molecule has 3 heteroatoms. The highest BCUT2D eigenvalue weighted by Gasteiger charge is 2.33. The number of carbonyl (C=O) groups excluding carboxylic acids is 1. The number of rotatable bonds is 4. The summed E-state index contributed by atoms with van der Waals surface area (Å²) in [5.74, 6) is -0.121. The first-order valence-corrected chi connectivity index (χ1v) is 6.73. The third kappa shape index (κ3) is 4.30. The lowest BCUT2D eigenvalue weighted by Crippen LogP contribution is -2.49. The van der Waals surface area contributed by atoms with Crippen molar-refractivity contribution in [3.8, 4) is 0 Å². The van der Waals surface area contributed by atoms with Crippen LogP contribution in [0.15, 0.2) is 0 Å². The van der Waals surface area contributed by atoms with Crippen molar-refractivity contribution in [2.24, 2.45) is 5.41 Å². The average molecular weight is 241 g/mol. The molecule has 0 aromatic rings. The van der Waals surface area contributed by atoms with Crippen LogP contribution in [-0.4, -0.2) is 24.2 Å². The molecular formula is C14H27NO2. The van der Waals surface area contributed by atoms with E-state index in [4.69, 9.17) is 4.74 Å². The Balaban J connectivity index is 2.43. The second kappa shape index (κ2) is 5.38. The molecule has 1 aliphatic carbocycles. The summed E-state index contributed by atoms with van der Waals surface area (Å²) < 4.78 is 5.60. The Labute approximate surface area is 105 Å². The minimum atomic E-state index is -0.568. The summed E-state index contributed by atoms with van der Waals surface area (Å²) in [6.07, 6.45) is 4.41. The molecule has 1 saturated carbocycles. The first-order valence-electron chi connectivity index (χ1n) is 6.73. The maximum Gasteiger partial charge on any atom is 0.326 e. The Morgan fingerprint density at radius 3 is 2.35 bits per heavy atom. The second-order valence-electron chi connectivity index (χ2n) is 6.42. The Kier molecular flexibility index (Phi) is 4.59. The lowest BCUT2D eigenvalue weighted by atomic mass is 9.76. The molecule has 1 fully saturated rings. The van der Waals surface area contributed by atoms with Crippen LogP contribution in [-0.2, 0) is 9.53 Å². The van der Waals surface area contributed by atoms with Gasteiger partial charge in [-0.25, -0.2) is 0 Å². The third-order valence-electron chi connectivity index (χ3n) is 3.69. The predicted molar refractivity (Wildman–Crippen MR) is 69.9 cm³/mol. The first kappa shape index (κ1) is 14.5. The van der Waals surface area contributed by atoms with Crippen molar-refractivity contribution >= 4 is 5.97 Å². The molecule has 0 bridgehead atoms. The average Bonchev–Trinajstić information content (AvgIpc) is 2.21. The lowest BCUT2D eigenvalue weighted by Gasteiger charge is -2.35. The number of esters is 1. The standard InChI is InChI=1S/C14H27NO2/c1-6-15-14(4,5)12(16)17-11-7-9-13(2,3)10-8-11/h11,15H,6-10H2,1-5H3. The molecule has 17 heavy (non-hydrogen) atoms. The highest BCUT2D eigenvalue weighted by atomic mass is 16.5. The molecule has 0 aromatic carbocycles. The zero-order valence-electron chi connectivity index (χ0n) is 11.9. The monoisotopic (exact) mass is 241 g/mol. The molecule has 0 spiro atoms. The normalized spacial score (nSPS) is 21.2. The second-order valence-corrected chi connectivity index (χ2v) is 6.42. The van der Waals surface area contributed by atoms with E-state index in [1.807, 2.05) is 20.8 Å². The van der Waals surface area contributed by atoms with E-state index >= 15 is 0 Å². The molecule has 1 N–H and O–H groups in total. The number of nitrogens with one attached hydrogen (secondary N) is 1. The van der Waals surface area contributed by atoms with Gasteiger partial charge in [-0.05, 0) is 51.5 Å². The summed E-state index contributed by atoms with van der Waals surface area (Å²) in [6, 6.07) is 0. The molecule has 0 aliphatic heterocycles. The van der Waals surface area contributed by atoms with E-state index in [9.17, 15) is 4.79 Å².